The van der Waals surface area contributed by atoms with Gasteiger partial charge in [0, 0.05) is 18.5 Å². The maximum atomic E-state index is 13.6. The number of aliphatic hydroxyl groups is 1. The molecule has 1 atom stereocenters. The Kier molecular flexibility index (Phi) is 6.79. The van der Waals surface area contributed by atoms with E-state index in [0.717, 1.165) is 10.9 Å². The SMILES string of the molecule is CN(C)CCN1C(=O)C(O)=C(C(=O)c2cc3ccccc3o2)[C@@H]1c1ccc(OCc2ccccc2)cc1. The molecule has 0 saturated carbocycles. The van der Waals surface area contributed by atoms with Gasteiger partial charge in [0.25, 0.3) is 5.91 Å². The Morgan fingerprint density at radius 2 is 1.70 bits per heavy atom. The fourth-order valence-electron chi connectivity index (χ4n) is 4.48. The Morgan fingerprint density at radius 1 is 1.00 bits per heavy atom. The molecular weight excluding hydrogens is 468 g/mol. The lowest BCUT2D eigenvalue weighted by molar-refractivity contribution is -0.129. The highest BCUT2D eigenvalue weighted by Crippen LogP contribution is 2.40. The number of nitrogens with zero attached hydrogens (tertiary/aromatic N) is 2. The van der Waals surface area contributed by atoms with Crippen LogP contribution in [-0.4, -0.2) is 53.8 Å². The molecule has 1 aliphatic rings. The number of ketones is 1. The number of furan rings is 1. The van der Waals surface area contributed by atoms with Crippen LogP contribution in [0, 0.1) is 0 Å². The zero-order valence-electron chi connectivity index (χ0n) is 20.8. The van der Waals surface area contributed by atoms with Crippen molar-refractivity contribution >= 4 is 22.7 Å². The van der Waals surface area contributed by atoms with Crippen molar-refractivity contribution in [3.8, 4) is 5.75 Å². The fraction of sp³-hybridized carbons (Fsp3) is 0.200. The summed E-state index contributed by atoms with van der Waals surface area (Å²) in [6.45, 7) is 1.33. The van der Waals surface area contributed by atoms with E-state index in [2.05, 4.69) is 0 Å². The van der Waals surface area contributed by atoms with Crippen molar-refractivity contribution in [3.05, 3.63) is 113 Å². The summed E-state index contributed by atoms with van der Waals surface area (Å²) >= 11 is 0. The number of rotatable bonds is 9. The van der Waals surface area contributed by atoms with Crippen LogP contribution in [0.4, 0.5) is 0 Å². The van der Waals surface area contributed by atoms with Crippen LogP contribution in [0.5, 0.6) is 5.75 Å². The largest absolute Gasteiger partial charge is 0.503 e. The fourth-order valence-corrected chi connectivity index (χ4v) is 4.48. The molecule has 1 aromatic heterocycles. The first-order valence-corrected chi connectivity index (χ1v) is 12.1. The zero-order chi connectivity index (χ0) is 25.9. The molecule has 1 aliphatic heterocycles. The molecule has 0 bridgehead atoms. The van der Waals surface area contributed by atoms with E-state index in [1.165, 1.54) is 4.90 Å². The number of Topliss-reactive ketones (excluding diaryl/α,β-unsaturated/α-hetero) is 1. The van der Waals surface area contributed by atoms with E-state index in [0.29, 0.717) is 36.6 Å². The summed E-state index contributed by atoms with van der Waals surface area (Å²) in [6.07, 6.45) is 0. The van der Waals surface area contributed by atoms with Gasteiger partial charge in [-0.05, 0) is 49.5 Å². The van der Waals surface area contributed by atoms with Gasteiger partial charge in [-0.2, -0.15) is 0 Å². The number of para-hydroxylation sites is 1. The number of carbonyl (C=O) groups excluding carboxylic acids is 2. The zero-order valence-corrected chi connectivity index (χ0v) is 20.8. The first kappa shape index (κ1) is 24.3. The molecule has 7 nitrogen and oxygen atoms in total. The Bertz CT molecular complexity index is 1420. The molecule has 2 heterocycles. The van der Waals surface area contributed by atoms with Crippen LogP contribution in [0.3, 0.4) is 0 Å². The van der Waals surface area contributed by atoms with Crippen molar-refractivity contribution in [2.45, 2.75) is 12.6 Å². The van der Waals surface area contributed by atoms with Crippen LogP contribution in [0.15, 0.2) is 101 Å². The van der Waals surface area contributed by atoms with E-state index in [-0.39, 0.29) is 11.3 Å². The molecule has 3 aromatic carbocycles. The molecule has 0 spiro atoms. The van der Waals surface area contributed by atoms with Crippen LogP contribution < -0.4 is 4.74 Å². The van der Waals surface area contributed by atoms with Gasteiger partial charge in [0.2, 0.25) is 5.78 Å². The van der Waals surface area contributed by atoms with Crippen molar-refractivity contribution in [1.82, 2.24) is 9.80 Å². The summed E-state index contributed by atoms with van der Waals surface area (Å²) in [5.41, 5.74) is 2.33. The summed E-state index contributed by atoms with van der Waals surface area (Å²) in [5.74, 6) is -0.883. The lowest BCUT2D eigenvalue weighted by Crippen LogP contribution is -2.36. The summed E-state index contributed by atoms with van der Waals surface area (Å²) in [4.78, 5) is 30.3. The van der Waals surface area contributed by atoms with Gasteiger partial charge in [0.05, 0.1) is 11.6 Å². The molecule has 0 radical (unpaired) electrons. The first-order valence-electron chi connectivity index (χ1n) is 12.1. The Balaban J connectivity index is 1.46. The second-order valence-electron chi connectivity index (χ2n) is 9.29. The molecule has 4 aromatic rings. The number of amides is 1. The number of hydrogen-bond acceptors (Lipinski definition) is 6. The minimum absolute atomic E-state index is 0.0146. The normalized spacial score (nSPS) is 15.7. The maximum Gasteiger partial charge on any atom is 0.290 e. The molecule has 37 heavy (non-hydrogen) atoms. The van der Waals surface area contributed by atoms with Gasteiger partial charge < -0.3 is 24.1 Å². The third-order valence-electron chi connectivity index (χ3n) is 6.43. The van der Waals surface area contributed by atoms with Gasteiger partial charge in [-0.3, -0.25) is 9.59 Å². The van der Waals surface area contributed by atoms with Gasteiger partial charge in [-0.25, -0.2) is 0 Å². The van der Waals surface area contributed by atoms with Crippen LogP contribution in [-0.2, 0) is 11.4 Å². The number of fused-ring (bicyclic) bond motifs is 1. The van der Waals surface area contributed by atoms with Crippen LogP contribution in [0.1, 0.15) is 27.7 Å². The van der Waals surface area contributed by atoms with Crippen LogP contribution in [0.25, 0.3) is 11.0 Å². The molecule has 0 fully saturated rings. The lowest BCUT2D eigenvalue weighted by Gasteiger charge is -2.28. The number of benzene rings is 3. The maximum absolute atomic E-state index is 13.6. The standard InChI is InChI=1S/C30H28N2O5/c1-31(2)16-17-32-27(21-12-14-23(15-13-21)36-19-20-8-4-3-5-9-20)26(29(34)30(32)35)28(33)25-18-22-10-6-7-11-24(22)37-25/h3-15,18,27,34H,16-17,19H2,1-2H3/t27-/m0/s1. The van der Waals surface area contributed by atoms with E-state index in [1.807, 2.05) is 91.8 Å². The number of hydrogen-bond donors (Lipinski definition) is 1. The third-order valence-corrected chi connectivity index (χ3v) is 6.43. The van der Waals surface area contributed by atoms with E-state index in [1.54, 1.807) is 12.1 Å². The highest BCUT2D eigenvalue weighted by atomic mass is 16.5. The quantitative estimate of drug-likeness (QED) is 0.323. The van der Waals surface area contributed by atoms with Gasteiger partial charge in [-0.1, -0.05) is 60.7 Å². The van der Waals surface area contributed by atoms with E-state index in [4.69, 9.17) is 9.15 Å². The lowest BCUT2D eigenvalue weighted by atomic mass is 9.95. The number of ether oxygens (including phenoxy) is 1. The van der Waals surface area contributed by atoms with E-state index in [9.17, 15) is 14.7 Å². The molecule has 0 saturated heterocycles. The monoisotopic (exact) mass is 496 g/mol. The average Bonchev–Trinajstić information content (AvgIpc) is 3.46. The second-order valence-corrected chi connectivity index (χ2v) is 9.29. The summed E-state index contributed by atoms with van der Waals surface area (Å²) in [6, 6.07) is 25.3. The van der Waals surface area contributed by atoms with Crippen LogP contribution in [0.2, 0.25) is 0 Å². The number of likely N-dealkylation sites (N-methyl/N-ethyl adjacent to an activating group) is 1. The van der Waals surface area contributed by atoms with Crippen LogP contribution >= 0.6 is 0 Å². The minimum atomic E-state index is -0.753. The van der Waals surface area contributed by atoms with E-state index < -0.39 is 23.5 Å². The van der Waals surface area contributed by atoms with Gasteiger partial charge in [0.15, 0.2) is 11.5 Å². The topological polar surface area (TPSA) is 83.2 Å². The second kappa shape index (κ2) is 10.3. The molecule has 0 unspecified atom stereocenters. The van der Waals surface area contributed by atoms with Crippen molar-refractivity contribution in [1.29, 1.82) is 0 Å². The Labute approximate surface area is 215 Å². The number of aliphatic hydroxyl groups excluding tert-OH is 1. The van der Waals surface area contributed by atoms with Crippen molar-refractivity contribution < 1.29 is 23.8 Å². The Morgan fingerprint density at radius 3 is 2.41 bits per heavy atom. The van der Waals surface area contributed by atoms with Crippen molar-refractivity contribution in [2.75, 3.05) is 27.2 Å². The molecule has 188 valence electrons. The average molecular weight is 497 g/mol. The predicted molar refractivity (Wildman–Crippen MR) is 140 cm³/mol. The first-order chi connectivity index (χ1) is 17.9. The minimum Gasteiger partial charge on any atom is -0.503 e. The summed E-state index contributed by atoms with van der Waals surface area (Å²) in [7, 11) is 3.81. The highest BCUT2D eigenvalue weighted by Gasteiger charge is 2.44. The predicted octanol–water partition coefficient (Wildman–Crippen LogP) is 5.15. The van der Waals surface area contributed by atoms with Crippen molar-refractivity contribution in [2.24, 2.45) is 0 Å². The van der Waals surface area contributed by atoms with Gasteiger partial charge in [0.1, 0.15) is 17.9 Å². The smallest absolute Gasteiger partial charge is 0.290 e. The summed E-state index contributed by atoms with van der Waals surface area (Å²) < 4.78 is 11.7. The molecule has 1 N–H and O–H groups in total. The van der Waals surface area contributed by atoms with E-state index >= 15 is 0 Å². The molecule has 1 amide bonds. The third kappa shape index (κ3) is 4.99. The highest BCUT2D eigenvalue weighted by molar-refractivity contribution is 6.16. The Hall–Kier alpha value is -4.36. The molecule has 7 heteroatoms. The molecular formula is C30H28N2O5. The summed E-state index contributed by atoms with van der Waals surface area (Å²) in [5, 5.41) is 11.7. The van der Waals surface area contributed by atoms with Gasteiger partial charge >= 0.3 is 0 Å². The molecule has 5 rings (SSSR count). The number of carbonyl (C=O) groups is 2. The van der Waals surface area contributed by atoms with Crippen molar-refractivity contribution in [3.63, 3.8) is 0 Å². The molecule has 0 aliphatic carbocycles. The van der Waals surface area contributed by atoms with Gasteiger partial charge in [-0.15, -0.1) is 0 Å².